The number of aromatic nitrogens is 2. The normalized spacial score (nSPS) is 11.8. The average molecular weight is 248 g/mol. The zero-order chi connectivity index (χ0) is 10.2. The summed E-state index contributed by atoms with van der Waals surface area (Å²) < 4.78 is 33.8. The van der Waals surface area contributed by atoms with Crippen LogP contribution in [0.25, 0.3) is 10.6 Å². The van der Waals surface area contributed by atoms with Gasteiger partial charge in [-0.15, -0.1) is 16.4 Å². The van der Waals surface area contributed by atoms with Gasteiger partial charge in [-0.25, -0.2) is 0 Å². The molecule has 0 radical (unpaired) electrons. The summed E-state index contributed by atoms with van der Waals surface area (Å²) in [4.78, 5) is 0.673. The lowest BCUT2D eigenvalue weighted by atomic mass is 10.4. The number of rotatable bonds is 2. The third-order valence-corrected chi connectivity index (χ3v) is 4.38. The van der Waals surface area contributed by atoms with Crippen molar-refractivity contribution < 1.29 is 13.0 Å². The molecule has 14 heavy (non-hydrogen) atoms. The van der Waals surface area contributed by atoms with Crippen LogP contribution >= 0.6 is 22.9 Å². The Bertz CT molecular complexity index is 528. The van der Waals surface area contributed by atoms with E-state index in [9.17, 15) is 8.42 Å². The van der Waals surface area contributed by atoms with Crippen LogP contribution in [0.3, 0.4) is 0 Å². The first-order valence-corrected chi connectivity index (χ1v) is 6.51. The van der Waals surface area contributed by atoms with E-state index >= 15 is 0 Å². The predicted octanol–water partition coefficient (Wildman–Crippen LogP) is 1.51. The fraction of sp³-hybridized carbons (Fsp3) is 0. The zero-order valence-electron chi connectivity index (χ0n) is 6.61. The molecule has 0 atom stereocenters. The van der Waals surface area contributed by atoms with Crippen molar-refractivity contribution in [3.8, 4) is 10.6 Å². The van der Waals surface area contributed by atoms with Crippen LogP contribution in [0.15, 0.2) is 21.7 Å². The highest BCUT2D eigenvalue weighted by molar-refractivity contribution is 7.88. The van der Waals surface area contributed by atoms with Crippen molar-refractivity contribution >= 4 is 33.0 Å². The Labute approximate surface area is 87.9 Å². The molecule has 2 aromatic heterocycles. The van der Waals surface area contributed by atoms with Gasteiger partial charge in [0.2, 0.25) is 0 Å². The van der Waals surface area contributed by atoms with Crippen LogP contribution in [-0.2, 0) is 10.1 Å². The Hall–Kier alpha value is -0.830. The van der Waals surface area contributed by atoms with E-state index in [1.165, 1.54) is 17.6 Å². The van der Waals surface area contributed by atoms with Gasteiger partial charge in [-0.1, -0.05) is 4.49 Å². The van der Waals surface area contributed by atoms with Crippen LogP contribution in [0.1, 0.15) is 0 Å². The molecule has 2 aromatic rings. The molecule has 0 aliphatic rings. The van der Waals surface area contributed by atoms with E-state index in [0.717, 1.165) is 11.3 Å². The molecule has 5 nitrogen and oxygen atoms in total. The lowest BCUT2D eigenvalue weighted by molar-refractivity contribution is 0.485. The summed E-state index contributed by atoms with van der Waals surface area (Å²) in [6.45, 7) is 0. The Morgan fingerprint density at radius 3 is 2.64 bits per heavy atom. The van der Waals surface area contributed by atoms with Gasteiger partial charge in [0.05, 0.1) is 4.88 Å². The van der Waals surface area contributed by atoms with Crippen molar-refractivity contribution in [2.75, 3.05) is 0 Å². The van der Waals surface area contributed by atoms with E-state index in [0.29, 0.717) is 10.6 Å². The molecule has 74 valence electrons. The zero-order valence-corrected chi connectivity index (χ0v) is 9.06. The van der Waals surface area contributed by atoms with Gasteiger partial charge in [0.25, 0.3) is 0 Å². The van der Waals surface area contributed by atoms with E-state index in [4.69, 9.17) is 4.55 Å². The molecule has 0 fully saturated rings. The third kappa shape index (κ3) is 1.82. The van der Waals surface area contributed by atoms with Crippen LogP contribution in [-0.4, -0.2) is 22.6 Å². The minimum Gasteiger partial charge on any atom is -0.281 e. The predicted molar refractivity (Wildman–Crippen MR) is 53.0 cm³/mol. The van der Waals surface area contributed by atoms with E-state index in [-0.39, 0.29) is 4.21 Å². The lowest BCUT2D eigenvalue weighted by Gasteiger charge is -1.87. The smallest absolute Gasteiger partial charge is 0.281 e. The van der Waals surface area contributed by atoms with E-state index < -0.39 is 10.1 Å². The lowest BCUT2D eigenvalue weighted by Crippen LogP contribution is -1.92. The first-order valence-electron chi connectivity index (χ1n) is 3.42. The molecule has 0 spiro atoms. The molecule has 0 aliphatic heterocycles. The second-order valence-electron chi connectivity index (χ2n) is 2.38. The van der Waals surface area contributed by atoms with Gasteiger partial charge < -0.3 is 0 Å². The number of hydrogen-bond donors (Lipinski definition) is 1. The quantitative estimate of drug-likeness (QED) is 0.815. The minimum atomic E-state index is -4.10. The van der Waals surface area contributed by atoms with E-state index in [1.807, 2.05) is 0 Å². The molecule has 0 unspecified atom stereocenters. The van der Waals surface area contributed by atoms with Crippen molar-refractivity contribution in [3.63, 3.8) is 0 Å². The maximum atomic E-state index is 10.7. The van der Waals surface area contributed by atoms with Crippen LogP contribution in [0.2, 0.25) is 0 Å². The van der Waals surface area contributed by atoms with Gasteiger partial charge in [-0.05, 0) is 23.7 Å². The maximum Gasteiger partial charge on any atom is 0.304 e. The van der Waals surface area contributed by atoms with Gasteiger partial charge in [0, 0.05) is 5.38 Å². The summed E-state index contributed by atoms with van der Waals surface area (Å²) in [6, 6.07) is 2.93. The molecule has 0 bridgehead atoms. The Morgan fingerprint density at radius 1 is 1.36 bits per heavy atom. The third-order valence-electron chi connectivity index (χ3n) is 1.45. The molecule has 0 aliphatic carbocycles. The molecule has 0 amide bonds. The molecule has 0 saturated carbocycles. The summed E-state index contributed by atoms with van der Waals surface area (Å²) in [5.74, 6) is 0. The first kappa shape index (κ1) is 9.71. The van der Waals surface area contributed by atoms with Crippen LogP contribution < -0.4 is 0 Å². The average Bonchev–Trinajstić information content (AvgIpc) is 2.73. The van der Waals surface area contributed by atoms with Crippen LogP contribution in [0.5, 0.6) is 0 Å². The summed E-state index contributed by atoms with van der Waals surface area (Å²) in [5.41, 5.74) is 0.620. The van der Waals surface area contributed by atoms with E-state index in [1.54, 1.807) is 11.4 Å². The molecular formula is C6H4N2O3S3. The molecule has 1 N–H and O–H groups in total. The van der Waals surface area contributed by atoms with Gasteiger partial charge >= 0.3 is 10.1 Å². The van der Waals surface area contributed by atoms with Gasteiger partial charge in [-0.3, -0.25) is 4.55 Å². The summed E-state index contributed by atoms with van der Waals surface area (Å²) >= 11 is 2.15. The summed E-state index contributed by atoms with van der Waals surface area (Å²) in [5, 5.41) is 5.49. The second-order valence-corrected chi connectivity index (χ2v) is 5.73. The SMILES string of the molecule is O=S(=O)(O)c1ccc(-c2csnn2)s1. The fourth-order valence-electron chi connectivity index (χ4n) is 0.868. The van der Waals surface area contributed by atoms with Crippen molar-refractivity contribution in [1.82, 2.24) is 9.59 Å². The molecular weight excluding hydrogens is 244 g/mol. The van der Waals surface area contributed by atoms with Crippen molar-refractivity contribution in [2.24, 2.45) is 0 Å². The molecule has 2 rings (SSSR count). The first-order chi connectivity index (χ1) is 6.57. The Balaban J connectivity index is 2.46. The van der Waals surface area contributed by atoms with Crippen molar-refractivity contribution in [3.05, 3.63) is 17.5 Å². The van der Waals surface area contributed by atoms with Crippen LogP contribution in [0, 0.1) is 0 Å². The van der Waals surface area contributed by atoms with Gasteiger partial charge in [0.1, 0.15) is 9.90 Å². The molecule has 0 aromatic carbocycles. The van der Waals surface area contributed by atoms with Crippen LogP contribution in [0.4, 0.5) is 0 Å². The number of nitrogens with zero attached hydrogens (tertiary/aromatic N) is 2. The van der Waals surface area contributed by atoms with Crippen molar-refractivity contribution in [1.29, 1.82) is 0 Å². The number of thiophene rings is 1. The fourth-order valence-corrected chi connectivity index (χ4v) is 3.02. The molecule has 0 saturated heterocycles. The second kappa shape index (κ2) is 3.39. The number of hydrogen-bond acceptors (Lipinski definition) is 6. The standard InChI is InChI=1S/C6H4N2O3S3/c9-14(10,11)6-2-1-5(13-6)4-3-12-8-7-4/h1-3H,(H,9,10,11). The maximum absolute atomic E-state index is 10.7. The monoisotopic (exact) mass is 248 g/mol. The summed E-state index contributed by atoms with van der Waals surface area (Å²) in [6.07, 6.45) is 0. The highest BCUT2D eigenvalue weighted by Gasteiger charge is 2.14. The van der Waals surface area contributed by atoms with Gasteiger partial charge in [0.15, 0.2) is 0 Å². The molecule has 2 heterocycles. The van der Waals surface area contributed by atoms with Crippen molar-refractivity contribution in [2.45, 2.75) is 4.21 Å². The topological polar surface area (TPSA) is 80.2 Å². The summed E-state index contributed by atoms with van der Waals surface area (Å²) in [7, 11) is -4.10. The highest BCUT2D eigenvalue weighted by atomic mass is 32.3. The minimum absolute atomic E-state index is 0.0829. The largest absolute Gasteiger partial charge is 0.304 e. The Kier molecular flexibility index (Phi) is 2.35. The van der Waals surface area contributed by atoms with E-state index in [2.05, 4.69) is 9.59 Å². The highest BCUT2D eigenvalue weighted by Crippen LogP contribution is 2.29. The molecule has 8 heteroatoms. The van der Waals surface area contributed by atoms with Gasteiger partial charge in [-0.2, -0.15) is 8.42 Å². The Morgan fingerprint density at radius 2 is 2.14 bits per heavy atom.